The predicted octanol–water partition coefficient (Wildman–Crippen LogP) is 2.80. The van der Waals surface area contributed by atoms with Gasteiger partial charge >= 0.3 is 6.18 Å². The lowest BCUT2D eigenvalue weighted by atomic mass is 10.2. The summed E-state index contributed by atoms with van der Waals surface area (Å²) in [6.45, 7) is 0. The van der Waals surface area contributed by atoms with Gasteiger partial charge in [0.2, 0.25) is 0 Å². The zero-order valence-electron chi connectivity index (χ0n) is 12.8. The van der Waals surface area contributed by atoms with Crippen molar-refractivity contribution in [2.24, 2.45) is 0 Å². The number of anilines is 1. The number of carbonyl (C=O) groups excluding carboxylic acids is 1. The fourth-order valence-electron chi connectivity index (χ4n) is 1.93. The number of amides is 1. The van der Waals surface area contributed by atoms with Gasteiger partial charge in [0.05, 0.1) is 17.6 Å². The lowest BCUT2D eigenvalue weighted by molar-refractivity contribution is -0.137. The Morgan fingerprint density at radius 3 is 2.40 bits per heavy atom. The molecule has 0 atom stereocenters. The van der Waals surface area contributed by atoms with Gasteiger partial charge in [0.25, 0.3) is 15.9 Å². The van der Waals surface area contributed by atoms with Crippen LogP contribution in [0.2, 0.25) is 0 Å². The molecule has 0 aromatic heterocycles. The molecule has 0 bridgehead atoms. The zero-order valence-corrected chi connectivity index (χ0v) is 13.6. The summed E-state index contributed by atoms with van der Waals surface area (Å²) < 4.78 is 64.8. The summed E-state index contributed by atoms with van der Waals surface area (Å²) in [5.41, 5.74) is 0.809. The molecule has 0 aliphatic heterocycles. The summed E-state index contributed by atoms with van der Waals surface area (Å²) in [4.78, 5) is 15.8. The third kappa shape index (κ3) is 4.70. The first-order valence-electron chi connectivity index (χ1n) is 6.77. The van der Waals surface area contributed by atoms with E-state index in [0.29, 0.717) is 6.07 Å². The minimum Gasteiger partial charge on any atom is -0.280 e. The molecule has 6 nitrogen and oxygen atoms in total. The van der Waals surface area contributed by atoms with E-state index in [1.807, 2.05) is 5.48 Å². The van der Waals surface area contributed by atoms with Crippen LogP contribution in [0.15, 0.2) is 53.4 Å². The van der Waals surface area contributed by atoms with Crippen molar-refractivity contribution in [2.75, 3.05) is 11.8 Å². The SMILES string of the molecule is CONC(=O)c1cccc(S(=O)(=O)Nc2cccc(C(F)(F)F)c2)c1. The number of hydroxylamine groups is 1. The Labute approximate surface area is 141 Å². The minimum atomic E-state index is -4.60. The first-order valence-corrected chi connectivity index (χ1v) is 8.25. The standard InChI is InChI=1S/C15H13F3N2O4S/c1-24-19-14(21)10-4-2-7-13(8-10)25(22,23)20-12-6-3-5-11(9-12)15(16,17)18/h2-9,20H,1H3,(H,19,21). The Morgan fingerprint density at radius 1 is 1.08 bits per heavy atom. The van der Waals surface area contributed by atoms with Crippen LogP contribution < -0.4 is 10.2 Å². The molecular formula is C15H13F3N2O4S. The zero-order chi connectivity index (χ0) is 18.7. The van der Waals surface area contributed by atoms with Crippen LogP contribution in [0.3, 0.4) is 0 Å². The number of hydrogen-bond donors (Lipinski definition) is 2. The summed E-state index contributed by atoms with van der Waals surface area (Å²) in [6.07, 6.45) is -4.60. The molecule has 0 heterocycles. The lowest BCUT2D eigenvalue weighted by Crippen LogP contribution is -2.22. The maximum absolute atomic E-state index is 12.7. The third-order valence-electron chi connectivity index (χ3n) is 3.04. The van der Waals surface area contributed by atoms with Crippen LogP contribution in [-0.4, -0.2) is 21.4 Å². The Kier molecular flexibility index (Phi) is 5.33. The van der Waals surface area contributed by atoms with E-state index in [4.69, 9.17) is 0 Å². The number of rotatable bonds is 5. The van der Waals surface area contributed by atoms with Gasteiger partial charge in [-0.3, -0.25) is 14.4 Å². The Hall–Kier alpha value is -2.59. The van der Waals surface area contributed by atoms with Gasteiger partial charge in [-0.1, -0.05) is 12.1 Å². The summed E-state index contributed by atoms with van der Waals surface area (Å²) in [5.74, 6) is -0.668. The van der Waals surface area contributed by atoms with Gasteiger partial charge in [0, 0.05) is 11.3 Å². The highest BCUT2D eigenvalue weighted by molar-refractivity contribution is 7.92. The molecule has 0 unspecified atom stereocenters. The number of nitrogens with one attached hydrogen (secondary N) is 2. The van der Waals surface area contributed by atoms with Crippen molar-refractivity contribution in [3.05, 3.63) is 59.7 Å². The van der Waals surface area contributed by atoms with Crippen LogP contribution in [0.25, 0.3) is 0 Å². The largest absolute Gasteiger partial charge is 0.416 e. The molecule has 0 saturated heterocycles. The second kappa shape index (κ2) is 7.11. The number of carbonyl (C=O) groups is 1. The van der Waals surface area contributed by atoms with E-state index in [0.717, 1.165) is 18.2 Å². The van der Waals surface area contributed by atoms with E-state index in [1.165, 1.54) is 31.4 Å². The molecule has 2 aromatic rings. The predicted molar refractivity (Wildman–Crippen MR) is 83.2 cm³/mol. The van der Waals surface area contributed by atoms with Gasteiger partial charge in [-0.05, 0) is 36.4 Å². The van der Waals surface area contributed by atoms with E-state index in [-0.39, 0.29) is 16.1 Å². The molecule has 0 saturated carbocycles. The van der Waals surface area contributed by atoms with E-state index < -0.39 is 27.7 Å². The molecule has 0 radical (unpaired) electrons. The van der Waals surface area contributed by atoms with E-state index in [1.54, 1.807) is 0 Å². The molecular weight excluding hydrogens is 361 g/mol. The molecule has 2 aromatic carbocycles. The van der Waals surface area contributed by atoms with Crippen molar-refractivity contribution < 1.29 is 31.2 Å². The molecule has 2 rings (SSSR count). The Bertz CT molecular complexity index is 882. The molecule has 0 aliphatic rings. The van der Waals surface area contributed by atoms with E-state index in [2.05, 4.69) is 9.56 Å². The maximum Gasteiger partial charge on any atom is 0.416 e. The van der Waals surface area contributed by atoms with Crippen LogP contribution >= 0.6 is 0 Å². The second-order valence-corrected chi connectivity index (χ2v) is 6.53. The summed E-state index contributed by atoms with van der Waals surface area (Å²) in [7, 11) is -2.97. The van der Waals surface area contributed by atoms with Crippen LogP contribution in [0.1, 0.15) is 15.9 Å². The number of hydrogen-bond acceptors (Lipinski definition) is 4. The molecule has 25 heavy (non-hydrogen) atoms. The molecule has 0 fully saturated rings. The maximum atomic E-state index is 12.7. The van der Waals surface area contributed by atoms with Crippen molar-refractivity contribution in [1.82, 2.24) is 5.48 Å². The second-order valence-electron chi connectivity index (χ2n) is 4.85. The Morgan fingerprint density at radius 2 is 1.76 bits per heavy atom. The van der Waals surface area contributed by atoms with Gasteiger partial charge in [-0.25, -0.2) is 13.9 Å². The van der Waals surface area contributed by atoms with Crippen molar-refractivity contribution in [3.8, 4) is 0 Å². The molecule has 2 N–H and O–H groups in total. The van der Waals surface area contributed by atoms with Crippen LogP contribution in [0, 0.1) is 0 Å². The first kappa shape index (κ1) is 18.7. The van der Waals surface area contributed by atoms with Crippen LogP contribution in [-0.2, 0) is 21.0 Å². The fourth-order valence-corrected chi connectivity index (χ4v) is 3.02. The molecule has 0 spiro atoms. The number of benzene rings is 2. The minimum absolute atomic E-state index is 0.00812. The Balaban J connectivity index is 2.31. The monoisotopic (exact) mass is 374 g/mol. The van der Waals surface area contributed by atoms with Gasteiger partial charge in [-0.15, -0.1) is 0 Å². The molecule has 134 valence electrons. The topological polar surface area (TPSA) is 84.5 Å². The van der Waals surface area contributed by atoms with Gasteiger partial charge < -0.3 is 0 Å². The van der Waals surface area contributed by atoms with Gasteiger partial charge in [0.15, 0.2) is 0 Å². The van der Waals surface area contributed by atoms with Crippen LogP contribution in [0.4, 0.5) is 18.9 Å². The van der Waals surface area contributed by atoms with Crippen molar-refractivity contribution in [1.29, 1.82) is 0 Å². The van der Waals surface area contributed by atoms with Crippen molar-refractivity contribution in [2.45, 2.75) is 11.1 Å². The van der Waals surface area contributed by atoms with Gasteiger partial charge in [0.1, 0.15) is 0 Å². The average molecular weight is 374 g/mol. The van der Waals surface area contributed by atoms with E-state index >= 15 is 0 Å². The van der Waals surface area contributed by atoms with Crippen LogP contribution in [0.5, 0.6) is 0 Å². The fraction of sp³-hybridized carbons (Fsp3) is 0.133. The summed E-state index contributed by atoms with van der Waals surface area (Å²) >= 11 is 0. The summed E-state index contributed by atoms with van der Waals surface area (Å²) in [5, 5.41) is 0. The quantitative estimate of drug-likeness (QED) is 0.789. The molecule has 0 aliphatic carbocycles. The smallest absolute Gasteiger partial charge is 0.280 e. The average Bonchev–Trinajstić information content (AvgIpc) is 2.54. The van der Waals surface area contributed by atoms with Gasteiger partial charge in [-0.2, -0.15) is 13.2 Å². The molecule has 1 amide bonds. The highest BCUT2D eigenvalue weighted by Gasteiger charge is 2.30. The first-order chi connectivity index (χ1) is 11.6. The highest BCUT2D eigenvalue weighted by Crippen LogP contribution is 2.31. The molecule has 10 heteroatoms. The number of alkyl halides is 3. The lowest BCUT2D eigenvalue weighted by Gasteiger charge is -2.12. The number of sulfonamides is 1. The summed E-state index contributed by atoms with van der Waals surface area (Å²) in [6, 6.07) is 8.75. The highest BCUT2D eigenvalue weighted by atomic mass is 32.2. The van der Waals surface area contributed by atoms with Crippen molar-refractivity contribution in [3.63, 3.8) is 0 Å². The van der Waals surface area contributed by atoms with E-state index in [9.17, 15) is 26.4 Å². The number of halogens is 3. The normalized spacial score (nSPS) is 11.8. The van der Waals surface area contributed by atoms with Crippen molar-refractivity contribution >= 4 is 21.6 Å². The third-order valence-corrected chi connectivity index (χ3v) is 4.42.